The number of rotatable bonds is 5. The van der Waals surface area contributed by atoms with Crippen LogP contribution in [0.2, 0.25) is 0 Å². The molecule has 0 fully saturated rings. The van der Waals surface area contributed by atoms with Crippen molar-refractivity contribution in [3.05, 3.63) is 40.9 Å². The fourth-order valence-electron chi connectivity index (χ4n) is 1.56. The molecule has 1 heterocycles. The second-order valence-electron chi connectivity index (χ2n) is 3.88. The van der Waals surface area contributed by atoms with E-state index in [0.717, 1.165) is 5.75 Å². The maximum Gasteiger partial charge on any atom is 0.263 e. The van der Waals surface area contributed by atoms with E-state index in [1.807, 2.05) is 30.3 Å². The molecule has 5 nitrogen and oxygen atoms in total. The summed E-state index contributed by atoms with van der Waals surface area (Å²) in [4.78, 5) is 16.4. The Balaban J connectivity index is 1.77. The molecule has 0 radical (unpaired) electrons. The molecule has 0 unspecified atom stereocenters. The van der Waals surface area contributed by atoms with E-state index in [4.69, 9.17) is 10.5 Å². The van der Waals surface area contributed by atoms with Crippen LogP contribution < -0.4 is 15.8 Å². The van der Waals surface area contributed by atoms with E-state index in [1.165, 1.54) is 11.3 Å². The van der Waals surface area contributed by atoms with Crippen molar-refractivity contribution in [3.8, 4) is 5.75 Å². The van der Waals surface area contributed by atoms with E-state index in [0.29, 0.717) is 28.9 Å². The number of thiazole rings is 1. The summed E-state index contributed by atoms with van der Waals surface area (Å²) >= 11 is 1.19. The number of amides is 1. The monoisotopic (exact) mass is 277 g/mol. The van der Waals surface area contributed by atoms with Gasteiger partial charge in [-0.3, -0.25) is 4.79 Å². The zero-order valence-corrected chi connectivity index (χ0v) is 11.4. The van der Waals surface area contributed by atoms with Crippen molar-refractivity contribution >= 4 is 22.4 Å². The predicted octanol–water partition coefficient (Wildman–Crippen LogP) is 1.84. The van der Waals surface area contributed by atoms with Crippen molar-refractivity contribution in [2.24, 2.45) is 0 Å². The number of nitrogens with two attached hydrogens (primary N) is 1. The Kier molecular flexibility index (Phi) is 4.35. The number of hydrogen-bond acceptors (Lipinski definition) is 5. The zero-order chi connectivity index (χ0) is 13.7. The lowest BCUT2D eigenvalue weighted by Crippen LogP contribution is -2.27. The maximum absolute atomic E-state index is 11.8. The summed E-state index contributed by atoms with van der Waals surface area (Å²) in [6.45, 7) is 2.62. The third-order valence-corrected chi connectivity index (χ3v) is 3.40. The van der Waals surface area contributed by atoms with Crippen LogP contribution in [0.3, 0.4) is 0 Å². The first-order chi connectivity index (χ1) is 9.16. The number of anilines is 1. The lowest BCUT2D eigenvalue weighted by Gasteiger charge is -2.06. The summed E-state index contributed by atoms with van der Waals surface area (Å²) in [6.07, 6.45) is 0. The Hall–Kier alpha value is -2.08. The standard InChI is InChI=1S/C13H15N3O2S/c1-9-11(19-13(14)16-9)12(17)15-7-8-18-10-5-3-2-4-6-10/h2-6H,7-8H2,1H3,(H2,14,16)(H,15,17). The molecule has 3 N–H and O–H groups in total. The van der Waals surface area contributed by atoms with Crippen LogP contribution in [0.4, 0.5) is 5.13 Å². The summed E-state index contributed by atoms with van der Waals surface area (Å²) in [7, 11) is 0. The minimum atomic E-state index is -0.164. The largest absolute Gasteiger partial charge is 0.492 e. The lowest BCUT2D eigenvalue weighted by molar-refractivity contribution is 0.0950. The Morgan fingerprint density at radius 1 is 1.42 bits per heavy atom. The lowest BCUT2D eigenvalue weighted by atomic mass is 10.3. The molecule has 0 aliphatic rings. The van der Waals surface area contributed by atoms with Crippen molar-refractivity contribution in [2.45, 2.75) is 6.92 Å². The van der Waals surface area contributed by atoms with E-state index in [9.17, 15) is 4.79 Å². The van der Waals surface area contributed by atoms with Gasteiger partial charge in [0.15, 0.2) is 5.13 Å². The predicted molar refractivity (Wildman–Crippen MR) is 75.5 cm³/mol. The van der Waals surface area contributed by atoms with Gasteiger partial charge in [-0.25, -0.2) is 4.98 Å². The van der Waals surface area contributed by atoms with Crippen molar-refractivity contribution in [2.75, 3.05) is 18.9 Å². The number of ether oxygens (including phenoxy) is 1. The van der Waals surface area contributed by atoms with Gasteiger partial charge >= 0.3 is 0 Å². The van der Waals surface area contributed by atoms with Crippen molar-refractivity contribution in [3.63, 3.8) is 0 Å². The highest BCUT2D eigenvalue weighted by molar-refractivity contribution is 7.17. The molecule has 2 rings (SSSR count). The number of carbonyl (C=O) groups excluding carboxylic acids is 1. The highest BCUT2D eigenvalue weighted by Crippen LogP contribution is 2.19. The number of aromatic nitrogens is 1. The van der Waals surface area contributed by atoms with E-state index >= 15 is 0 Å². The third kappa shape index (κ3) is 3.69. The Bertz CT molecular complexity index is 554. The number of carbonyl (C=O) groups is 1. The minimum Gasteiger partial charge on any atom is -0.492 e. The van der Waals surface area contributed by atoms with Crippen LogP contribution >= 0.6 is 11.3 Å². The van der Waals surface area contributed by atoms with Gasteiger partial charge in [-0.05, 0) is 19.1 Å². The Morgan fingerprint density at radius 2 is 2.16 bits per heavy atom. The fraction of sp³-hybridized carbons (Fsp3) is 0.231. The number of nitrogen functional groups attached to an aromatic ring is 1. The van der Waals surface area contributed by atoms with Crippen LogP contribution in [0.5, 0.6) is 5.75 Å². The summed E-state index contributed by atoms with van der Waals surface area (Å²) in [5.74, 6) is 0.623. The van der Waals surface area contributed by atoms with Crippen molar-refractivity contribution in [1.82, 2.24) is 10.3 Å². The number of nitrogens with one attached hydrogen (secondary N) is 1. The molecule has 0 atom stereocenters. The summed E-state index contributed by atoms with van der Waals surface area (Å²) in [5.41, 5.74) is 6.21. The first-order valence-corrected chi connectivity index (χ1v) is 6.67. The van der Waals surface area contributed by atoms with Gasteiger partial charge in [-0.15, -0.1) is 0 Å². The Labute approximate surface area is 115 Å². The average Bonchev–Trinajstić information content (AvgIpc) is 2.75. The minimum absolute atomic E-state index is 0.164. The van der Waals surface area contributed by atoms with Crippen LogP contribution in [0.25, 0.3) is 0 Å². The molecule has 0 spiro atoms. The van der Waals surface area contributed by atoms with E-state index in [1.54, 1.807) is 6.92 Å². The number of benzene rings is 1. The molecule has 6 heteroatoms. The molecule has 1 aromatic heterocycles. The summed E-state index contributed by atoms with van der Waals surface area (Å²) in [6, 6.07) is 9.46. The van der Waals surface area contributed by atoms with Gasteiger partial charge in [0.05, 0.1) is 12.2 Å². The molecular weight excluding hydrogens is 262 g/mol. The number of para-hydroxylation sites is 1. The second-order valence-corrected chi connectivity index (χ2v) is 4.91. The van der Waals surface area contributed by atoms with Crippen LogP contribution in [-0.4, -0.2) is 24.0 Å². The van der Waals surface area contributed by atoms with Crippen LogP contribution in [0.1, 0.15) is 15.4 Å². The number of hydrogen-bond donors (Lipinski definition) is 2. The molecule has 0 bridgehead atoms. The first-order valence-electron chi connectivity index (χ1n) is 5.86. The van der Waals surface area contributed by atoms with Gasteiger partial charge in [0.2, 0.25) is 0 Å². The molecule has 19 heavy (non-hydrogen) atoms. The zero-order valence-electron chi connectivity index (χ0n) is 10.6. The highest BCUT2D eigenvalue weighted by Gasteiger charge is 2.13. The van der Waals surface area contributed by atoms with Gasteiger partial charge in [0.1, 0.15) is 17.2 Å². The van der Waals surface area contributed by atoms with E-state index in [2.05, 4.69) is 10.3 Å². The quantitative estimate of drug-likeness (QED) is 0.818. The van der Waals surface area contributed by atoms with Gasteiger partial charge in [0.25, 0.3) is 5.91 Å². The molecule has 1 amide bonds. The molecule has 0 saturated carbocycles. The second kappa shape index (κ2) is 6.19. The topological polar surface area (TPSA) is 77.2 Å². The normalized spacial score (nSPS) is 10.2. The van der Waals surface area contributed by atoms with Crippen LogP contribution in [-0.2, 0) is 0 Å². The summed E-state index contributed by atoms with van der Waals surface area (Å²) < 4.78 is 5.48. The molecule has 100 valence electrons. The van der Waals surface area contributed by atoms with Crippen LogP contribution in [0, 0.1) is 6.92 Å². The third-order valence-electron chi connectivity index (χ3n) is 2.42. The van der Waals surface area contributed by atoms with E-state index < -0.39 is 0 Å². The molecule has 0 saturated heterocycles. The van der Waals surface area contributed by atoms with Crippen molar-refractivity contribution in [1.29, 1.82) is 0 Å². The Morgan fingerprint density at radius 3 is 2.79 bits per heavy atom. The highest BCUT2D eigenvalue weighted by atomic mass is 32.1. The molecular formula is C13H15N3O2S. The average molecular weight is 277 g/mol. The first kappa shape index (κ1) is 13.4. The van der Waals surface area contributed by atoms with Gasteiger partial charge < -0.3 is 15.8 Å². The molecule has 0 aliphatic carbocycles. The molecule has 0 aliphatic heterocycles. The smallest absolute Gasteiger partial charge is 0.263 e. The van der Waals surface area contributed by atoms with E-state index in [-0.39, 0.29) is 5.91 Å². The maximum atomic E-state index is 11.8. The van der Waals surface area contributed by atoms with Gasteiger partial charge in [0, 0.05) is 0 Å². The number of aryl methyl sites for hydroxylation is 1. The number of nitrogens with zero attached hydrogens (tertiary/aromatic N) is 1. The van der Waals surface area contributed by atoms with Gasteiger partial charge in [-0.2, -0.15) is 0 Å². The summed E-state index contributed by atoms with van der Waals surface area (Å²) in [5, 5.41) is 3.18. The van der Waals surface area contributed by atoms with Crippen molar-refractivity contribution < 1.29 is 9.53 Å². The van der Waals surface area contributed by atoms with Crippen LogP contribution in [0.15, 0.2) is 30.3 Å². The molecule has 1 aromatic carbocycles. The SMILES string of the molecule is Cc1nc(N)sc1C(=O)NCCOc1ccccc1. The van der Waals surface area contributed by atoms with Gasteiger partial charge in [-0.1, -0.05) is 29.5 Å². The fourth-order valence-corrected chi connectivity index (χ4v) is 2.31. The molecule has 2 aromatic rings.